The Kier molecular flexibility index (Phi) is 6.89. The number of piperidine rings is 1. The second-order valence-electron chi connectivity index (χ2n) is 6.62. The van der Waals surface area contributed by atoms with E-state index in [1.165, 1.54) is 4.31 Å². The molecule has 0 aliphatic carbocycles. The van der Waals surface area contributed by atoms with E-state index in [0.717, 1.165) is 0 Å². The van der Waals surface area contributed by atoms with Crippen LogP contribution in [-0.4, -0.2) is 31.7 Å². The fourth-order valence-corrected chi connectivity index (χ4v) is 5.70. The molecule has 5 nitrogen and oxygen atoms in total. The first-order valence-electron chi connectivity index (χ1n) is 8.74. The molecule has 0 spiro atoms. The molecule has 3 rings (SSSR count). The molecule has 1 heterocycles. The highest BCUT2D eigenvalue weighted by molar-refractivity contribution is 7.88. The van der Waals surface area contributed by atoms with Crippen molar-refractivity contribution >= 4 is 56.4 Å². The Bertz CT molecular complexity index is 962. The number of carbonyl (C=O) groups is 1. The number of nitrogens with zero attached hydrogens (tertiary/aromatic N) is 1. The van der Waals surface area contributed by atoms with Gasteiger partial charge in [0, 0.05) is 28.7 Å². The third-order valence-electron chi connectivity index (χ3n) is 4.67. The van der Waals surface area contributed by atoms with Gasteiger partial charge in [-0.1, -0.05) is 53.0 Å². The molecule has 1 fully saturated rings. The van der Waals surface area contributed by atoms with E-state index >= 15 is 0 Å². The predicted octanol–water partition coefficient (Wildman–Crippen LogP) is 4.83. The van der Waals surface area contributed by atoms with Crippen LogP contribution in [0.15, 0.2) is 42.5 Å². The molecule has 1 N–H and O–H groups in total. The van der Waals surface area contributed by atoms with Crippen molar-refractivity contribution in [2.24, 2.45) is 5.92 Å². The number of amides is 1. The Morgan fingerprint density at radius 2 is 1.68 bits per heavy atom. The Morgan fingerprint density at radius 1 is 1.04 bits per heavy atom. The molecular weight excluding hydrogens is 443 g/mol. The van der Waals surface area contributed by atoms with Gasteiger partial charge >= 0.3 is 0 Å². The third-order valence-corrected chi connectivity index (χ3v) is 7.48. The van der Waals surface area contributed by atoms with Gasteiger partial charge in [0.2, 0.25) is 15.9 Å². The highest BCUT2D eigenvalue weighted by Gasteiger charge is 2.33. The summed E-state index contributed by atoms with van der Waals surface area (Å²) in [5, 5.41) is 3.83. The zero-order valence-electron chi connectivity index (χ0n) is 14.9. The Labute approximate surface area is 179 Å². The summed E-state index contributed by atoms with van der Waals surface area (Å²) >= 11 is 18.3. The maximum atomic E-state index is 12.9. The molecule has 150 valence electrons. The minimum atomic E-state index is -3.67. The predicted molar refractivity (Wildman–Crippen MR) is 113 cm³/mol. The molecule has 0 saturated carbocycles. The van der Waals surface area contributed by atoms with Crippen molar-refractivity contribution < 1.29 is 13.2 Å². The van der Waals surface area contributed by atoms with Gasteiger partial charge in [0.05, 0.1) is 22.4 Å². The standard InChI is InChI=1S/C19H19Cl3N2O3S/c20-15-7-3-8-16(21)14(15)12-28(26,27)24-10-4-5-13(11-24)19(25)23-18-9-2-1-6-17(18)22/h1-3,6-9,13H,4-5,10-12H2,(H,23,25)/t13-/m0/s1. The second kappa shape index (κ2) is 9.01. The fourth-order valence-electron chi connectivity index (χ4n) is 3.15. The first-order chi connectivity index (χ1) is 13.3. The fraction of sp³-hybridized carbons (Fsp3) is 0.316. The summed E-state index contributed by atoms with van der Waals surface area (Å²) in [5.74, 6) is -1.00. The number of rotatable bonds is 5. The van der Waals surface area contributed by atoms with Crippen molar-refractivity contribution in [1.82, 2.24) is 4.31 Å². The van der Waals surface area contributed by atoms with Crippen LogP contribution in [-0.2, 0) is 20.6 Å². The lowest BCUT2D eigenvalue weighted by molar-refractivity contribution is -0.120. The summed E-state index contributed by atoms with van der Waals surface area (Å²) in [7, 11) is -3.67. The average molecular weight is 462 g/mol. The molecule has 28 heavy (non-hydrogen) atoms. The highest BCUT2D eigenvalue weighted by atomic mass is 35.5. The molecule has 1 aliphatic rings. The topological polar surface area (TPSA) is 66.5 Å². The third kappa shape index (κ3) is 4.99. The van der Waals surface area contributed by atoms with Crippen LogP contribution in [0.3, 0.4) is 0 Å². The average Bonchev–Trinajstić information content (AvgIpc) is 2.67. The largest absolute Gasteiger partial charge is 0.324 e. The lowest BCUT2D eigenvalue weighted by Gasteiger charge is -2.31. The number of anilines is 1. The van der Waals surface area contributed by atoms with E-state index in [-0.39, 0.29) is 18.2 Å². The normalized spacial score (nSPS) is 18.0. The number of nitrogens with one attached hydrogen (secondary N) is 1. The molecule has 0 radical (unpaired) electrons. The number of sulfonamides is 1. The monoisotopic (exact) mass is 460 g/mol. The van der Waals surface area contributed by atoms with Gasteiger partial charge in [0.15, 0.2) is 0 Å². The Morgan fingerprint density at radius 3 is 2.36 bits per heavy atom. The molecule has 1 aliphatic heterocycles. The second-order valence-corrected chi connectivity index (χ2v) is 9.81. The van der Waals surface area contributed by atoms with Crippen molar-refractivity contribution in [2.75, 3.05) is 18.4 Å². The van der Waals surface area contributed by atoms with Crippen LogP contribution in [0.5, 0.6) is 0 Å². The van der Waals surface area contributed by atoms with Crippen molar-refractivity contribution in [3.8, 4) is 0 Å². The van der Waals surface area contributed by atoms with Gasteiger partial charge in [-0.2, -0.15) is 0 Å². The van der Waals surface area contributed by atoms with Gasteiger partial charge in [-0.15, -0.1) is 0 Å². The zero-order chi connectivity index (χ0) is 20.3. The molecule has 2 aromatic carbocycles. The van der Waals surface area contributed by atoms with Crippen molar-refractivity contribution in [3.05, 3.63) is 63.1 Å². The molecule has 2 aromatic rings. The van der Waals surface area contributed by atoms with Crippen LogP contribution in [0.4, 0.5) is 5.69 Å². The lowest BCUT2D eigenvalue weighted by atomic mass is 9.99. The van der Waals surface area contributed by atoms with Crippen LogP contribution < -0.4 is 5.32 Å². The Balaban J connectivity index is 1.71. The summed E-state index contributed by atoms with van der Waals surface area (Å²) < 4.78 is 27.1. The first-order valence-corrected chi connectivity index (χ1v) is 11.5. The van der Waals surface area contributed by atoms with Gasteiger partial charge in [-0.25, -0.2) is 12.7 Å². The number of hydrogen-bond acceptors (Lipinski definition) is 3. The van der Waals surface area contributed by atoms with E-state index in [4.69, 9.17) is 34.8 Å². The van der Waals surface area contributed by atoms with Crippen LogP contribution in [0, 0.1) is 5.92 Å². The van der Waals surface area contributed by atoms with E-state index in [9.17, 15) is 13.2 Å². The summed E-state index contributed by atoms with van der Waals surface area (Å²) in [6, 6.07) is 11.8. The van der Waals surface area contributed by atoms with Crippen LogP contribution in [0.2, 0.25) is 15.1 Å². The molecule has 0 unspecified atom stereocenters. The maximum absolute atomic E-state index is 12.9. The molecule has 9 heteroatoms. The van der Waals surface area contributed by atoms with Crippen molar-refractivity contribution in [2.45, 2.75) is 18.6 Å². The van der Waals surface area contributed by atoms with Gasteiger partial charge in [-0.3, -0.25) is 4.79 Å². The molecule has 1 atom stereocenters. The van der Waals surface area contributed by atoms with Gasteiger partial charge in [0.1, 0.15) is 0 Å². The van der Waals surface area contributed by atoms with E-state index < -0.39 is 15.9 Å². The van der Waals surface area contributed by atoms with E-state index in [1.807, 2.05) is 0 Å². The number of hydrogen-bond donors (Lipinski definition) is 1. The van der Waals surface area contributed by atoms with Crippen molar-refractivity contribution in [1.29, 1.82) is 0 Å². The maximum Gasteiger partial charge on any atom is 0.228 e. The van der Waals surface area contributed by atoms with Crippen LogP contribution in [0.25, 0.3) is 0 Å². The quantitative estimate of drug-likeness (QED) is 0.693. The van der Waals surface area contributed by atoms with Gasteiger partial charge in [-0.05, 0) is 37.1 Å². The number of benzene rings is 2. The van der Waals surface area contributed by atoms with E-state index in [0.29, 0.717) is 45.7 Å². The smallest absolute Gasteiger partial charge is 0.228 e. The molecule has 1 amide bonds. The number of para-hydroxylation sites is 1. The lowest BCUT2D eigenvalue weighted by Crippen LogP contribution is -2.44. The van der Waals surface area contributed by atoms with Crippen LogP contribution in [0.1, 0.15) is 18.4 Å². The summed E-state index contributed by atoms with van der Waals surface area (Å²) in [4.78, 5) is 12.6. The molecule has 0 bridgehead atoms. The minimum Gasteiger partial charge on any atom is -0.324 e. The number of halogens is 3. The van der Waals surface area contributed by atoms with Gasteiger partial charge in [0.25, 0.3) is 0 Å². The summed E-state index contributed by atoms with van der Waals surface area (Å²) in [5.41, 5.74) is 0.880. The van der Waals surface area contributed by atoms with E-state index in [1.54, 1.807) is 42.5 Å². The Hall–Kier alpha value is -1.31. The van der Waals surface area contributed by atoms with Crippen molar-refractivity contribution in [3.63, 3.8) is 0 Å². The van der Waals surface area contributed by atoms with Gasteiger partial charge < -0.3 is 5.32 Å². The van der Waals surface area contributed by atoms with E-state index in [2.05, 4.69) is 5.32 Å². The van der Waals surface area contributed by atoms with Crippen LogP contribution >= 0.6 is 34.8 Å². The first kappa shape index (κ1) is 21.4. The number of carbonyl (C=O) groups excluding carboxylic acids is 1. The molecule has 0 aromatic heterocycles. The minimum absolute atomic E-state index is 0.112. The molecular formula is C19H19Cl3N2O3S. The summed E-state index contributed by atoms with van der Waals surface area (Å²) in [6.07, 6.45) is 1.20. The zero-order valence-corrected chi connectivity index (χ0v) is 18.0. The highest BCUT2D eigenvalue weighted by Crippen LogP contribution is 2.29. The summed E-state index contributed by atoms with van der Waals surface area (Å²) in [6.45, 7) is 0.473. The molecule has 1 saturated heterocycles. The SMILES string of the molecule is O=C(Nc1ccccc1Cl)[C@H]1CCCN(S(=O)(=O)Cc2c(Cl)cccc2Cl)C1.